The molecule has 0 bridgehead atoms. The third kappa shape index (κ3) is 3.29. The number of hydrogen-bond donors (Lipinski definition) is 1. The zero-order valence-corrected chi connectivity index (χ0v) is 16.7. The predicted molar refractivity (Wildman–Crippen MR) is 112 cm³/mol. The normalized spacial score (nSPS) is 16.2. The van der Waals surface area contributed by atoms with Gasteiger partial charge < -0.3 is 5.32 Å². The number of carbonyl (C=O) groups excluding carboxylic acids is 1. The third-order valence-electron chi connectivity index (χ3n) is 4.47. The number of fused-ring (bicyclic) bond motifs is 3. The van der Waals surface area contributed by atoms with Gasteiger partial charge in [0.1, 0.15) is 15.4 Å². The molecule has 7 heteroatoms. The molecular weight excluding hydrogens is 382 g/mol. The fourth-order valence-electron chi connectivity index (χ4n) is 3.15. The number of thioether (sulfide) groups is 2. The van der Waals surface area contributed by atoms with Crippen molar-refractivity contribution in [1.29, 1.82) is 5.26 Å². The molecule has 0 saturated heterocycles. The Morgan fingerprint density at radius 2 is 2.23 bits per heavy atom. The standard InChI is InChI=1S/C19H17N3OS3/c1-11(25-19-21-8-9-24-19)17(23)22-18-15(10-20)14-7-6-12-4-2-3-5-13(12)16(14)26-18/h2-5,11H,6-9H2,1H3,(H,22,23). The molecule has 132 valence electrons. The van der Waals surface area contributed by atoms with Crippen LogP contribution in [0, 0.1) is 11.3 Å². The van der Waals surface area contributed by atoms with Gasteiger partial charge in [-0.3, -0.25) is 9.79 Å². The molecule has 0 fully saturated rings. The third-order valence-corrected chi connectivity index (χ3v) is 7.95. The van der Waals surface area contributed by atoms with Gasteiger partial charge in [-0.05, 0) is 36.5 Å². The number of aliphatic imine (C=N–C) groups is 1. The molecule has 1 aliphatic heterocycles. The number of thiophene rings is 1. The summed E-state index contributed by atoms with van der Waals surface area (Å²) in [6.45, 7) is 2.72. The van der Waals surface area contributed by atoms with Crippen LogP contribution in [-0.2, 0) is 17.6 Å². The zero-order chi connectivity index (χ0) is 18.1. The average Bonchev–Trinajstić information content (AvgIpc) is 3.28. The monoisotopic (exact) mass is 399 g/mol. The highest BCUT2D eigenvalue weighted by molar-refractivity contribution is 8.39. The minimum Gasteiger partial charge on any atom is -0.316 e. The number of aryl methyl sites for hydroxylation is 1. The summed E-state index contributed by atoms with van der Waals surface area (Å²) in [4.78, 5) is 18.1. The van der Waals surface area contributed by atoms with E-state index in [-0.39, 0.29) is 11.2 Å². The number of rotatable bonds is 3. The highest BCUT2D eigenvalue weighted by Gasteiger charge is 2.26. The van der Waals surface area contributed by atoms with E-state index in [1.54, 1.807) is 11.8 Å². The van der Waals surface area contributed by atoms with Gasteiger partial charge in [-0.25, -0.2) is 0 Å². The first kappa shape index (κ1) is 17.7. The van der Waals surface area contributed by atoms with Crippen LogP contribution in [0.25, 0.3) is 10.4 Å². The number of nitrogens with one attached hydrogen (secondary N) is 1. The molecule has 4 rings (SSSR count). The lowest BCUT2D eigenvalue weighted by atomic mass is 9.90. The van der Waals surface area contributed by atoms with Crippen LogP contribution in [0.5, 0.6) is 0 Å². The van der Waals surface area contributed by atoms with Crippen LogP contribution in [0.2, 0.25) is 0 Å². The number of amides is 1. The Balaban J connectivity index is 1.59. The summed E-state index contributed by atoms with van der Waals surface area (Å²) >= 11 is 4.71. The van der Waals surface area contributed by atoms with Crippen LogP contribution < -0.4 is 5.32 Å². The van der Waals surface area contributed by atoms with Gasteiger partial charge in [0.05, 0.1) is 17.4 Å². The maximum Gasteiger partial charge on any atom is 0.238 e. The van der Waals surface area contributed by atoms with Crippen LogP contribution in [0.3, 0.4) is 0 Å². The Hall–Kier alpha value is -1.75. The molecule has 2 aliphatic rings. The van der Waals surface area contributed by atoms with Gasteiger partial charge in [0.15, 0.2) is 0 Å². The molecule has 0 radical (unpaired) electrons. The lowest BCUT2D eigenvalue weighted by molar-refractivity contribution is -0.115. The van der Waals surface area contributed by atoms with E-state index >= 15 is 0 Å². The predicted octanol–water partition coefficient (Wildman–Crippen LogP) is 4.55. The quantitative estimate of drug-likeness (QED) is 0.822. The molecule has 1 aliphatic carbocycles. The van der Waals surface area contributed by atoms with Crippen LogP contribution >= 0.6 is 34.9 Å². The second kappa shape index (κ2) is 7.47. The fraction of sp³-hybridized carbons (Fsp3) is 0.316. The van der Waals surface area contributed by atoms with Crippen molar-refractivity contribution >= 4 is 50.1 Å². The van der Waals surface area contributed by atoms with Crippen molar-refractivity contribution in [3.8, 4) is 16.5 Å². The van der Waals surface area contributed by atoms with E-state index in [0.29, 0.717) is 10.6 Å². The van der Waals surface area contributed by atoms with Crippen molar-refractivity contribution in [3.05, 3.63) is 41.0 Å². The van der Waals surface area contributed by atoms with E-state index in [1.165, 1.54) is 34.2 Å². The van der Waals surface area contributed by atoms with Gasteiger partial charge in [0.25, 0.3) is 0 Å². The molecule has 1 aromatic heterocycles. The summed E-state index contributed by atoms with van der Waals surface area (Å²) in [5.74, 6) is 0.917. The Labute approximate surface area is 165 Å². The van der Waals surface area contributed by atoms with Crippen LogP contribution in [0.1, 0.15) is 23.6 Å². The smallest absolute Gasteiger partial charge is 0.238 e. The number of nitrogens with zero attached hydrogens (tertiary/aromatic N) is 2. The van der Waals surface area contributed by atoms with Crippen LogP contribution in [0.4, 0.5) is 5.00 Å². The van der Waals surface area contributed by atoms with Gasteiger partial charge in [0.2, 0.25) is 5.91 Å². The number of hydrogen-bond acceptors (Lipinski definition) is 6. The van der Waals surface area contributed by atoms with E-state index in [2.05, 4.69) is 28.5 Å². The summed E-state index contributed by atoms with van der Waals surface area (Å²) in [6.07, 6.45) is 1.78. The second-order valence-electron chi connectivity index (χ2n) is 6.13. The summed E-state index contributed by atoms with van der Waals surface area (Å²) in [5.41, 5.74) is 4.19. The minimum atomic E-state index is -0.239. The topological polar surface area (TPSA) is 65.2 Å². The molecule has 2 aromatic rings. The Bertz CT molecular complexity index is 942. The highest BCUT2D eigenvalue weighted by Crippen LogP contribution is 2.44. The largest absolute Gasteiger partial charge is 0.316 e. The Morgan fingerprint density at radius 1 is 1.38 bits per heavy atom. The van der Waals surface area contributed by atoms with Gasteiger partial charge in [-0.15, -0.1) is 11.3 Å². The van der Waals surface area contributed by atoms with E-state index in [0.717, 1.165) is 40.0 Å². The Kier molecular flexibility index (Phi) is 5.07. The van der Waals surface area contributed by atoms with Crippen molar-refractivity contribution in [2.24, 2.45) is 4.99 Å². The first-order chi connectivity index (χ1) is 12.7. The lowest BCUT2D eigenvalue weighted by Crippen LogP contribution is -2.23. The molecule has 1 atom stereocenters. The number of carbonyl (C=O) groups is 1. The van der Waals surface area contributed by atoms with Crippen LogP contribution in [0.15, 0.2) is 29.3 Å². The summed E-state index contributed by atoms with van der Waals surface area (Å²) in [6, 6.07) is 10.6. The first-order valence-corrected chi connectivity index (χ1v) is 11.1. The molecule has 4 nitrogen and oxygen atoms in total. The first-order valence-electron chi connectivity index (χ1n) is 8.46. The SMILES string of the molecule is CC(SC1=NCCS1)C(=O)Nc1sc2c(c1C#N)CCc1ccccc1-2. The molecular formula is C19H17N3OS3. The molecule has 1 aromatic carbocycles. The molecule has 1 N–H and O–H groups in total. The van der Waals surface area contributed by atoms with Crippen molar-refractivity contribution in [1.82, 2.24) is 0 Å². The second-order valence-corrected chi connectivity index (χ2v) is 9.82. The average molecular weight is 400 g/mol. The van der Waals surface area contributed by atoms with Crippen molar-refractivity contribution < 1.29 is 4.79 Å². The van der Waals surface area contributed by atoms with E-state index < -0.39 is 0 Å². The van der Waals surface area contributed by atoms with E-state index in [9.17, 15) is 10.1 Å². The molecule has 1 unspecified atom stereocenters. The van der Waals surface area contributed by atoms with Gasteiger partial charge in [-0.1, -0.05) is 47.8 Å². The molecule has 1 amide bonds. The van der Waals surface area contributed by atoms with Gasteiger partial charge in [0, 0.05) is 10.6 Å². The molecule has 0 spiro atoms. The number of anilines is 1. The minimum absolute atomic E-state index is 0.0754. The Morgan fingerprint density at radius 3 is 3.00 bits per heavy atom. The van der Waals surface area contributed by atoms with Gasteiger partial charge in [-0.2, -0.15) is 5.26 Å². The molecule has 26 heavy (non-hydrogen) atoms. The lowest BCUT2D eigenvalue weighted by Gasteiger charge is -2.15. The fourth-order valence-corrected chi connectivity index (χ4v) is 6.54. The maximum atomic E-state index is 12.6. The molecule has 2 heterocycles. The summed E-state index contributed by atoms with van der Waals surface area (Å²) in [7, 11) is 0. The highest BCUT2D eigenvalue weighted by atomic mass is 32.2. The van der Waals surface area contributed by atoms with E-state index in [1.807, 2.05) is 19.1 Å². The number of benzene rings is 1. The molecule has 0 saturated carbocycles. The summed E-state index contributed by atoms with van der Waals surface area (Å²) in [5, 5.41) is 13.1. The zero-order valence-electron chi connectivity index (χ0n) is 14.2. The summed E-state index contributed by atoms with van der Waals surface area (Å²) < 4.78 is 0.979. The van der Waals surface area contributed by atoms with Crippen molar-refractivity contribution in [2.75, 3.05) is 17.6 Å². The van der Waals surface area contributed by atoms with Crippen LogP contribution in [-0.4, -0.2) is 27.8 Å². The van der Waals surface area contributed by atoms with Crippen molar-refractivity contribution in [2.45, 2.75) is 25.0 Å². The van der Waals surface area contributed by atoms with Gasteiger partial charge >= 0.3 is 0 Å². The maximum absolute atomic E-state index is 12.6. The van der Waals surface area contributed by atoms with E-state index in [4.69, 9.17) is 0 Å². The van der Waals surface area contributed by atoms with Crippen molar-refractivity contribution in [3.63, 3.8) is 0 Å². The number of nitriles is 1.